The fraction of sp³-hybridized carbons (Fsp3) is 0.375. The molecule has 0 spiro atoms. The predicted octanol–water partition coefficient (Wildman–Crippen LogP) is 3.34. The van der Waals surface area contributed by atoms with Gasteiger partial charge in [-0.15, -0.1) is 0 Å². The quantitative estimate of drug-likeness (QED) is 0.883. The number of nitrogens with two attached hydrogens (primary N) is 1. The standard InChI is InChI=1S/C16H21N3O2/c1-4-5-13(17)16-19-14(9-21-16)15(20)18-12-7-10(2)6-11(3)8-12/h6-9,13H,4-5,17H2,1-3H3,(H,18,20). The van der Waals surface area contributed by atoms with Gasteiger partial charge in [-0.25, -0.2) is 4.98 Å². The molecule has 21 heavy (non-hydrogen) atoms. The molecular formula is C16H21N3O2. The minimum Gasteiger partial charge on any atom is -0.446 e. The van der Waals surface area contributed by atoms with Crippen LogP contribution in [-0.4, -0.2) is 10.9 Å². The molecule has 1 amide bonds. The van der Waals surface area contributed by atoms with Gasteiger partial charge in [0, 0.05) is 5.69 Å². The van der Waals surface area contributed by atoms with Gasteiger partial charge in [0.25, 0.3) is 5.91 Å². The smallest absolute Gasteiger partial charge is 0.277 e. The fourth-order valence-corrected chi connectivity index (χ4v) is 2.24. The molecule has 2 rings (SSSR count). The molecule has 0 radical (unpaired) electrons. The molecule has 0 bridgehead atoms. The molecule has 1 atom stereocenters. The maximum Gasteiger partial charge on any atom is 0.277 e. The van der Waals surface area contributed by atoms with Crippen LogP contribution < -0.4 is 11.1 Å². The van der Waals surface area contributed by atoms with Crippen LogP contribution in [0.4, 0.5) is 5.69 Å². The minimum atomic E-state index is -0.293. The van der Waals surface area contributed by atoms with Crippen LogP contribution in [0.15, 0.2) is 28.9 Å². The Morgan fingerprint density at radius 2 is 2.00 bits per heavy atom. The first-order valence-electron chi connectivity index (χ1n) is 7.10. The Balaban J connectivity index is 2.10. The lowest BCUT2D eigenvalue weighted by atomic mass is 10.1. The highest BCUT2D eigenvalue weighted by molar-refractivity contribution is 6.02. The third-order valence-corrected chi connectivity index (χ3v) is 3.15. The summed E-state index contributed by atoms with van der Waals surface area (Å²) in [6.45, 7) is 6.01. The van der Waals surface area contributed by atoms with Crippen LogP contribution in [0.1, 0.15) is 53.3 Å². The average Bonchev–Trinajstić information content (AvgIpc) is 2.87. The van der Waals surface area contributed by atoms with E-state index in [4.69, 9.17) is 10.2 Å². The Morgan fingerprint density at radius 3 is 2.62 bits per heavy atom. The zero-order chi connectivity index (χ0) is 15.4. The summed E-state index contributed by atoms with van der Waals surface area (Å²) in [7, 11) is 0. The summed E-state index contributed by atoms with van der Waals surface area (Å²) >= 11 is 0. The van der Waals surface area contributed by atoms with Crippen LogP contribution in [0.5, 0.6) is 0 Å². The van der Waals surface area contributed by atoms with E-state index in [0.29, 0.717) is 5.89 Å². The van der Waals surface area contributed by atoms with Gasteiger partial charge in [-0.1, -0.05) is 19.4 Å². The van der Waals surface area contributed by atoms with Gasteiger partial charge in [-0.2, -0.15) is 0 Å². The molecule has 0 saturated heterocycles. The van der Waals surface area contributed by atoms with E-state index in [1.807, 2.05) is 39.0 Å². The average molecular weight is 287 g/mol. The van der Waals surface area contributed by atoms with Crippen molar-refractivity contribution in [3.8, 4) is 0 Å². The van der Waals surface area contributed by atoms with Crippen molar-refractivity contribution in [2.75, 3.05) is 5.32 Å². The summed E-state index contributed by atoms with van der Waals surface area (Å²) in [4.78, 5) is 16.3. The molecule has 0 saturated carbocycles. The van der Waals surface area contributed by atoms with Gasteiger partial charge in [-0.05, 0) is 43.5 Å². The lowest BCUT2D eigenvalue weighted by Crippen LogP contribution is -2.14. The number of hydrogen-bond donors (Lipinski definition) is 2. The Hall–Kier alpha value is -2.14. The highest BCUT2D eigenvalue weighted by Gasteiger charge is 2.16. The van der Waals surface area contributed by atoms with Crippen LogP contribution in [-0.2, 0) is 0 Å². The summed E-state index contributed by atoms with van der Waals surface area (Å²) in [5, 5.41) is 2.82. The number of nitrogens with zero attached hydrogens (tertiary/aromatic N) is 1. The number of benzene rings is 1. The van der Waals surface area contributed by atoms with E-state index in [0.717, 1.165) is 29.7 Å². The normalized spacial score (nSPS) is 12.2. The van der Waals surface area contributed by atoms with Gasteiger partial charge in [0.1, 0.15) is 6.26 Å². The highest BCUT2D eigenvalue weighted by Crippen LogP contribution is 2.17. The molecule has 0 fully saturated rings. The Morgan fingerprint density at radius 1 is 1.33 bits per heavy atom. The van der Waals surface area contributed by atoms with E-state index >= 15 is 0 Å². The number of nitrogens with one attached hydrogen (secondary N) is 1. The molecule has 0 aliphatic heterocycles. The van der Waals surface area contributed by atoms with E-state index in [2.05, 4.69) is 10.3 Å². The van der Waals surface area contributed by atoms with E-state index in [1.165, 1.54) is 6.26 Å². The minimum absolute atomic E-state index is 0.246. The molecule has 1 heterocycles. The van der Waals surface area contributed by atoms with Crippen LogP contribution in [0.25, 0.3) is 0 Å². The molecule has 0 aliphatic rings. The van der Waals surface area contributed by atoms with Crippen molar-refractivity contribution >= 4 is 11.6 Å². The monoisotopic (exact) mass is 287 g/mol. The Kier molecular flexibility index (Phi) is 4.75. The number of carbonyl (C=O) groups is 1. The summed E-state index contributed by atoms with van der Waals surface area (Å²) in [5.74, 6) is 0.112. The molecule has 5 nitrogen and oxygen atoms in total. The van der Waals surface area contributed by atoms with Gasteiger partial charge < -0.3 is 15.5 Å². The first kappa shape index (κ1) is 15.3. The van der Waals surface area contributed by atoms with E-state index in [1.54, 1.807) is 0 Å². The second-order valence-electron chi connectivity index (χ2n) is 5.30. The molecule has 1 unspecified atom stereocenters. The Labute approximate surface area is 124 Å². The molecule has 3 N–H and O–H groups in total. The highest BCUT2D eigenvalue weighted by atomic mass is 16.3. The lowest BCUT2D eigenvalue weighted by Gasteiger charge is -2.06. The SMILES string of the molecule is CCCC(N)c1nc(C(=O)Nc2cc(C)cc(C)c2)co1. The lowest BCUT2D eigenvalue weighted by molar-refractivity contribution is 0.102. The van der Waals surface area contributed by atoms with Crippen molar-refractivity contribution < 1.29 is 9.21 Å². The third-order valence-electron chi connectivity index (χ3n) is 3.15. The number of hydrogen-bond acceptors (Lipinski definition) is 4. The van der Waals surface area contributed by atoms with Crippen molar-refractivity contribution in [2.45, 2.75) is 39.7 Å². The van der Waals surface area contributed by atoms with Gasteiger partial charge >= 0.3 is 0 Å². The molecule has 5 heteroatoms. The molecule has 0 aliphatic carbocycles. The summed E-state index contributed by atoms with van der Waals surface area (Å²) < 4.78 is 5.29. The number of rotatable bonds is 5. The van der Waals surface area contributed by atoms with Crippen molar-refractivity contribution in [3.63, 3.8) is 0 Å². The van der Waals surface area contributed by atoms with Crippen molar-refractivity contribution in [2.24, 2.45) is 5.73 Å². The van der Waals surface area contributed by atoms with Crippen LogP contribution in [0.3, 0.4) is 0 Å². The van der Waals surface area contributed by atoms with Crippen LogP contribution >= 0.6 is 0 Å². The fourth-order valence-electron chi connectivity index (χ4n) is 2.24. The van der Waals surface area contributed by atoms with Crippen molar-refractivity contribution in [1.82, 2.24) is 4.98 Å². The van der Waals surface area contributed by atoms with Gasteiger partial charge in [-0.3, -0.25) is 4.79 Å². The van der Waals surface area contributed by atoms with Crippen molar-refractivity contribution in [3.05, 3.63) is 47.2 Å². The predicted molar refractivity (Wildman–Crippen MR) is 82.2 cm³/mol. The second kappa shape index (κ2) is 6.54. The summed E-state index contributed by atoms with van der Waals surface area (Å²) in [6, 6.07) is 5.61. The number of aryl methyl sites for hydroxylation is 2. The first-order chi connectivity index (χ1) is 9.99. The maximum absolute atomic E-state index is 12.2. The largest absolute Gasteiger partial charge is 0.446 e. The zero-order valence-corrected chi connectivity index (χ0v) is 12.6. The topological polar surface area (TPSA) is 81.1 Å². The zero-order valence-electron chi connectivity index (χ0n) is 12.6. The first-order valence-corrected chi connectivity index (χ1v) is 7.10. The molecule has 2 aromatic rings. The number of anilines is 1. The van der Waals surface area contributed by atoms with Gasteiger partial charge in [0.05, 0.1) is 6.04 Å². The summed E-state index contributed by atoms with van der Waals surface area (Å²) in [5.41, 5.74) is 9.11. The van der Waals surface area contributed by atoms with Gasteiger partial charge in [0.2, 0.25) is 5.89 Å². The number of carbonyl (C=O) groups excluding carboxylic acids is 1. The molecule has 1 aromatic carbocycles. The Bertz CT molecular complexity index is 614. The van der Waals surface area contributed by atoms with Crippen molar-refractivity contribution in [1.29, 1.82) is 0 Å². The number of aromatic nitrogens is 1. The van der Waals surface area contributed by atoms with Gasteiger partial charge in [0.15, 0.2) is 5.69 Å². The van der Waals surface area contributed by atoms with Crippen LogP contribution in [0.2, 0.25) is 0 Å². The van der Waals surface area contributed by atoms with E-state index < -0.39 is 0 Å². The second-order valence-corrected chi connectivity index (χ2v) is 5.30. The molecule has 1 aromatic heterocycles. The summed E-state index contributed by atoms with van der Waals surface area (Å²) in [6.07, 6.45) is 3.06. The molecule has 112 valence electrons. The van der Waals surface area contributed by atoms with E-state index in [9.17, 15) is 4.79 Å². The number of amides is 1. The van der Waals surface area contributed by atoms with Crippen LogP contribution in [0, 0.1) is 13.8 Å². The third kappa shape index (κ3) is 3.92. The number of oxazole rings is 1. The van der Waals surface area contributed by atoms with E-state index in [-0.39, 0.29) is 17.6 Å². The molecular weight excluding hydrogens is 266 g/mol. The maximum atomic E-state index is 12.2.